The summed E-state index contributed by atoms with van der Waals surface area (Å²) in [7, 11) is 0. The summed E-state index contributed by atoms with van der Waals surface area (Å²) in [6.45, 7) is -0.590. The standard InChI is InChI=1S/C21H20O10/c22-7-16-18(26)19(27)20(28)21(31-16)30-10-2-3-11-15(6-10)29-8-12(17(11)25)9-1-4-13(23)14(24)5-9/h1-6,8,16,18-24,26-28H,7H2. The van der Waals surface area contributed by atoms with E-state index in [0.29, 0.717) is 5.56 Å². The average molecular weight is 432 g/mol. The molecule has 5 atom stereocenters. The fourth-order valence-electron chi connectivity index (χ4n) is 3.37. The maximum Gasteiger partial charge on any atom is 0.229 e. The van der Waals surface area contributed by atoms with Gasteiger partial charge in [0.1, 0.15) is 42.0 Å². The molecule has 3 aromatic rings. The first-order chi connectivity index (χ1) is 14.8. The number of phenolic OH excluding ortho intramolecular Hbond substituents is 2. The second-order valence-corrected chi connectivity index (χ2v) is 7.16. The number of hydrogen-bond acceptors (Lipinski definition) is 10. The molecule has 2 heterocycles. The number of rotatable bonds is 4. The molecule has 4 rings (SSSR count). The van der Waals surface area contributed by atoms with E-state index in [4.69, 9.17) is 13.9 Å². The van der Waals surface area contributed by atoms with Crippen molar-refractivity contribution < 1.29 is 44.5 Å². The van der Waals surface area contributed by atoms with E-state index in [-0.39, 0.29) is 39.2 Å². The van der Waals surface area contributed by atoms with Crippen LogP contribution in [0.4, 0.5) is 0 Å². The number of phenols is 2. The topological polar surface area (TPSA) is 170 Å². The van der Waals surface area contributed by atoms with Crippen LogP contribution in [0.1, 0.15) is 0 Å². The Morgan fingerprint density at radius 1 is 0.935 bits per heavy atom. The number of fused-ring (bicyclic) bond motifs is 1. The molecule has 1 aromatic heterocycles. The van der Waals surface area contributed by atoms with E-state index >= 15 is 0 Å². The minimum absolute atomic E-state index is 0.148. The number of hydrogen-bond donors (Lipinski definition) is 6. The summed E-state index contributed by atoms with van der Waals surface area (Å²) in [5.41, 5.74) is 0.308. The molecular formula is C21H20O10. The second kappa shape index (κ2) is 8.17. The highest BCUT2D eigenvalue weighted by molar-refractivity contribution is 5.83. The molecule has 5 unspecified atom stereocenters. The van der Waals surface area contributed by atoms with Crippen LogP contribution in [0.5, 0.6) is 17.2 Å². The minimum Gasteiger partial charge on any atom is -0.504 e. The lowest BCUT2D eigenvalue weighted by Gasteiger charge is -2.39. The van der Waals surface area contributed by atoms with Crippen molar-refractivity contribution in [3.63, 3.8) is 0 Å². The summed E-state index contributed by atoms with van der Waals surface area (Å²) in [6.07, 6.45) is -5.96. The molecule has 1 fully saturated rings. The molecule has 10 nitrogen and oxygen atoms in total. The first kappa shape index (κ1) is 21.1. The van der Waals surface area contributed by atoms with E-state index in [1.54, 1.807) is 0 Å². The molecule has 2 aromatic carbocycles. The zero-order chi connectivity index (χ0) is 22.3. The van der Waals surface area contributed by atoms with Crippen molar-refractivity contribution in [1.82, 2.24) is 0 Å². The van der Waals surface area contributed by atoms with Crippen LogP contribution in [-0.4, -0.2) is 68.0 Å². The van der Waals surface area contributed by atoms with E-state index in [9.17, 15) is 35.4 Å². The van der Waals surface area contributed by atoms with Crippen LogP contribution in [0.15, 0.2) is 51.9 Å². The summed E-state index contributed by atoms with van der Waals surface area (Å²) in [5.74, 6) is -0.542. The fraction of sp³-hybridized carbons (Fsp3) is 0.286. The third-order valence-corrected chi connectivity index (χ3v) is 5.13. The van der Waals surface area contributed by atoms with Crippen LogP contribution in [0.25, 0.3) is 22.1 Å². The van der Waals surface area contributed by atoms with E-state index in [0.717, 1.165) is 0 Å². The summed E-state index contributed by atoms with van der Waals surface area (Å²) in [6, 6.07) is 8.21. The lowest BCUT2D eigenvalue weighted by molar-refractivity contribution is -0.277. The summed E-state index contributed by atoms with van der Waals surface area (Å²) < 4.78 is 16.4. The minimum atomic E-state index is -1.58. The van der Waals surface area contributed by atoms with Gasteiger partial charge in [-0.3, -0.25) is 4.79 Å². The quantitative estimate of drug-likeness (QED) is 0.310. The second-order valence-electron chi connectivity index (χ2n) is 7.16. The summed E-state index contributed by atoms with van der Waals surface area (Å²) in [5, 5.41) is 58.4. The number of benzene rings is 2. The van der Waals surface area contributed by atoms with Crippen LogP contribution < -0.4 is 10.2 Å². The molecule has 6 N–H and O–H groups in total. The van der Waals surface area contributed by atoms with Gasteiger partial charge in [-0.25, -0.2) is 0 Å². The van der Waals surface area contributed by atoms with E-state index < -0.39 is 37.3 Å². The van der Waals surface area contributed by atoms with Gasteiger partial charge in [-0.2, -0.15) is 0 Å². The Morgan fingerprint density at radius 2 is 1.71 bits per heavy atom. The molecule has 0 saturated carbocycles. The predicted octanol–water partition coefficient (Wildman–Crippen LogP) is 0.0499. The summed E-state index contributed by atoms with van der Waals surface area (Å²) in [4.78, 5) is 12.8. The maximum atomic E-state index is 12.8. The number of aliphatic hydroxyl groups is 4. The van der Waals surface area contributed by atoms with Crippen molar-refractivity contribution in [3.8, 4) is 28.4 Å². The highest BCUT2D eigenvalue weighted by Gasteiger charge is 2.44. The van der Waals surface area contributed by atoms with Crippen molar-refractivity contribution in [3.05, 3.63) is 52.9 Å². The van der Waals surface area contributed by atoms with E-state index in [2.05, 4.69) is 0 Å². The molecule has 0 aliphatic carbocycles. The normalized spacial score (nSPS) is 26.1. The van der Waals surface area contributed by atoms with Gasteiger partial charge in [0.2, 0.25) is 6.29 Å². The fourth-order valence-corrected chi connectivity index (χ4v) is 3.37. The van der Waals surface area contributed by atoms with Gasteiger partial charge < -0.3 is 44.5 Å². The van der Waals surface area contributed by atoms with Crippen LogP contribution in [0, 0.1) is 0 Å². The zero-order valence-electron chi connectivity index (χ0n) is 16.0. The van der Waals surface area contributed by atoms with Crippen LogP contribution >= 0.6 is 0 Å². The highest BCUT2D eigenvalue weighted by atomic mass is 16.7. The van der Waals surface area contributed by atoms with Gasteiger partial charge in [0.25, 0.3) is 0 Å². The molecule has 0 spiro atoms. The SMILES string of the molecule is O=c1c(-c2ccc(O)c(O)c2)coc2cc(OC3OC(CO)C(O)C(O)C3O)ccc12. The smallest absolute Gasteiger partial charge is 0.229 e. The van der Waals surface area contributed by atoms with Gasteiger partial charge in [0.15, 0.2) is 16.9 Å². The molecule has 1 saturated heterocycles. The van der Waals surface area contributed by atoms with Crippen LogP contribution in [0.3, 0.4) is 0 Å². The Bertz CT molecular complexity index is 1150. The molecule has 1 aliphatic rings. The molecular weight excluding hydrogens is 412 g/mol. The Hall–Kier alpha value is -3.15. The highest BCUT2D eigenvalue weighted by Crippen LogP contribution is 2.31. The number of ether oxygens (including phenoxy) is 2. The van der Waals surface area contributed by atoms with Crippen molar-refractivity contribution >= 4 is 11.0 Å². The van der Waals surface area contributed by atoms with Gasteiger partial charge in [-0.15, -0.1) is 0 Å². The van der Waals surface area contributed by atoms with Crippen molar-refractivity contribution in [2.45, 2.75) is 30.7 Å². The molecule has 10 heteroatoms. The van der Waals surface area contributed by atoms with Crippen LogP contribution in [0.2, 0.25) is 0 Å². The Labute approximate surface area is 174 Å². The molecule has 0 radical (unpaired) electrons. The van der Waals surface area contributed by atoms with E-state index in [1.807, 2.05) is 0 Å². The summed E-state index contributed by atoms with van der Waals surface area (Å²) >= 11 is 0. The van der Waals surface area contributed by atoms with Crippen LogP contribution in [-0.2, 0) is 4.74 Å². The predicted molar refractivity (Wildman–Crippen MR) is 106 cm³/mol. The molecule has 31 heavy (non-hydrogen) atoms. The first-order valence-corrected chi connectivity index (χ1v) is 9.35. The lowest BCUT2D eigenvalue weighted by Crippen LogP contribution is -2.60. The number of aromatic hydroxyl groups is 2. The van der Waals surface area contributed by atoms with Gasteiger partial charge in [0.05, 0.1) is 17.6 Å². The van der Waals surface area contributed by atoms with Gasteiger partial charge in [-0.1, -0.05) is 6.07 Å². The zero-order valence-corrected chi connectivity index (χ0v) is 16.0. The third-order valence-electron chi connectivity index (χ3n) is 5.13. The first-order valence-electron chi connectivity index (χ1n) is 9.35. The lowest BCUT2D eigenvalue weighted by atomic mass is 9.99. The number of aliphatic hydroxyl groups excluding tert-OH is 4. The Kier molecular flexibility index (Phi) is 5.56. The molecule has 1 aliphatic heterocycles. The molecule has 0 amide bonds. The average Bonchev–Trinajstić information content (AvgIpc) is 2.76. The third kappa shape index (κ3) is 3.82. The molecule has 0 bridgehead atoms. The Morgan fingerprint density at radius 3 is 2.42 bits per heavy atom. The van der Waals surface area contributed by atoms with Gasteiger partial charge in [-0.05, 0) is 29.8 Å². The van der Waals surface area contributed by atoms with Crippen molar-refractivity contribution in [1.29, 1.82) is 0 Å². The Balaban J connectivity index is 1.63. The molecule has 164 valence electrons. The monoisotopic (exact) mass is 432 g/mol. The largest absolute Gasteiger partial charge is 0.504 e. The maximum absolute atomic E-state index is 12.8. The van der Waals surface area contributed by atoms with Gasteiger partial charge >= 0.3 is 0 Å². The van der Waals surface area contributed by atoms with E-state index in [1.165, 1.54) is 42.7 Å². The van der Waals surface area contributed by atoms with Crippen molar-refractivity contribution in [2.75, 3.05) is 6.61 Å². The van der Waals surface area contributed by atoms with Crippen molar-refractivity contribution in [2.24, 2.45) is 0 Å². The van der Waals surface area contributed by atoms with Gasteiger partial charge in [0, 0.05) is 6.07 Å².